The monoisotopic (exact) mass is 467 g/mol. The molecule has 0 bridgehead atoms. The number of carbonyl (C=O) groups is 2. The SMILES string of the molecule is COC(=O)C1(C(=O)OC)/C(=C\c2ccccc2)c2ccccc2C1n1ccc2ccc(OC)cc21. The van der Waals surface area contributed by atoms with Gasteiger partial charge < -0.3 is 18.8 Å². The van der Waals surface area contributed by atoms with E-state index in [9.17, 15) is 9.59 Å². The van der Waals surface area contributed by atoms with Gasteiger partial charge in [-0.2, -0.15) is 0 Å². The number of aromatic nitrogens is 1. The predicted octanol–water partition coefficient (Wildman–Crippen LogP) is 5.13. The number of ether oxygens (including phenoxy) is 3. The summed E-state index contributed by atoms with van der Waals surface area (Å²) in [6.45, 7) is 0. The minimum absolute atomic E-state index is 0.535. The van der Waals surface area contributed by atoms with E-state index in [4.69, 9.17) is 14.2 Å². The topological polar surface area (TPSA) is 66.8 Å². The van der Waals surface area contributed by atoms with Gasteiger partial charge in [-0.15, -0.1) is 0 Å². The first-order chi connectivity index (χ1) is 17.1. The molecule has 6 heteroatoms. The van der Waals surface area contributed by atoms with Gasteiger partial charge in [0.2, 0.25) is 5.41 Å². The van der Waals surface area contributed by atoms with Crippen LogP contribution >= 0.6 is 0 Å². The van der Waals surface area contributed by atoms with Crippen molar-refractivity contribution in [2.45, 2.75) is 6.04 Å². The van der Waals surface area contributed by atoms with Crippen LogP contribution in [0.1, 0.15) is 22.7 Å². The Balaban J connectivity index is 1.89. The molecule has 1 aliphatic carbocycles. The van der Waals surface area contributed by atoms with Gasteiger partial charge in [0.05, 0.1) is 32.9 Å². The third-order valence-corrected chi connectivity index (χ3v) is 6.71. The van der Waals surface area contributed by atoms with Crippen LogP contribution in [-0.4, -0.2) is 37.8 Å². The molecule has 1 atom stereocenters. The third-order valence-electron chi connectivity index (χ3n) is 6.71. The Morgan fingerprint density at radius 2 is 1.54 bits per heavy atom. The van der Waals surface area contributed by atoms with Crippen LogP contribution in [0.2, 0.25) is 0 Å². The number of esters is 2. The van der Waals surface area contributed by atoms with Crippen LogP contribution in [0, 0.1) is 5.41 Å². The first-order valence-electron chi connectivity index (χ1n) is 11.2. The minimum atomic E-state index is -1.77. The van der Waals surface area contributed by atoms with Crippen molar-refractivity contribution in [3.8, 4) is 5.75 Å². The number of fused-ring (bicyclic) bond motifs is 2. The summed E-state index contributed by atoms with van der Waals surface area (Å²) in [5, 5.41) is 0.951. The van der Waals surface area contributed by atoms with E-state index in [1.807, 2.05) is 95.7 Å². The van der Waals surface area contributed by atoms with Crippen LogP contribution in [0.25, 0.3) is 22.6 Å². The number of hydrogen-bond donors (Lipinski definition) is 0. The Bertz CT molecular complexity index is 1430. The molecule has 0 radical (unpaired) electrons. The molecule has 1 aromatic heterocycles. The molecule has 0 fully saturated rings. The quantitative estimate of drug-likeness (QED) is 0.301. The molecule has 6 nitrogen and oxygen atoms in total. The van der Waals surface area contributed by atoms with E-state index in [0.29, 0.717) is 11.3 Å². The predicted molar refractivity (Wildman–Crippen MR) is 134 cm³/mol. The van der Waals surface area contributed by atoms with E-state index in [2.05, 4.69) is 0 Å². The zero-order valence-corrected chi connectivity index (χ0v) is 19.7. The molecule has 3 aromatic carbocycles. The summed E-state index contributed by atoms with van der Waals surface area (Å²) >= 11 is 0. The van der Waals surface area contributed by atoms with E-state index in [1.165, 1.54) is 14.2 Å². The van der Waals surface area contributed by atoms with Gasteiger partial charge in [0, 0.05) is 12.3 Å². The molecule has 1 unspecified atom stereocenters. The Kier molecular flexibility index (Phi) is 5.65. The van der Waals surface area contributed by atoms with Crippen molar-refractivity contribution in [3.05, 3.63) is 102 Å². The number of carbonyl (C=O) groups excluding carboxylic acids is 2. The average molecular weight is 468 g/mol. The number of hydrogen-bond acceptors (Lipinski definition) is 5. The van der Waals surface area contributed by atoms with Gasteiger partial charge in [-0.25, -0.2) is 0 Å². The first-order valence-corrected chi connectivity index (χ1v) is 11.2. The van der Waals surface area contributed by atoms with Crippen molar-refractivity contribution < 1.29 is 23.8 Å². The van der Waals surface area contributed by atoms with Crippen molar-refractivity contribution in [1.29, 1.82) is 0 Å². The fourth-order valence-electron chi connectivity index (χ4n) is 5.17. The Morgan fingerprint density at radius 3 is 2.23 bits per heavy atom. The first kappa shape index (κ1) is 22.5. The van der Waals surface area contributed by atoms with Crippen LogP contribution < -0.4 is 4.74 Å². The lowest BCUT2D eigenvalue weighted by Gasteiger charge is -2.33. The molecule has 176 valence electrons. The van der Waals surface area contributed by atoms with E-state index < -0.39 is 23.4 Å². The highest BCUT2D eigenvalue weighted by Gasteiger charge is 2.63. The fraction of sp³-hybridized carbons (Fsp3) is 0.172. The second-order valence-corrected chi connectivity index (χ2v) is 8.40. The smallest absolute Gasteiger partial charge is 0.330 e. The summed E-state index contributed by atoms with van der Waals surface area (Å²) in [6.07, 6.45) is 3.76. The molecule has 0 saturated carbocycles. The minimum Gasteiger partial charge on any atom is -0.497 e. The largest absolute Gasteiger partial charge is 0.497 e. The summed E-state index contributed by atoms with van der Waals surface area (Å²) in [7, 11) is 4.20. The second kappa shape index (κ2) is 8.80. The molecule has 5 rings (SSSR count). The van der Waals surface area contributed by atoms with Gasteiger partial charge in [-0.1, -0.05) is 54.6 Å². The number of benzene rings is 3. The van der Waals surface area contributed by atoms with Gasteiger partial charge in [-0.05, 0) is 51.9 Å². The molecule has 1 aliphatic rings. The third kappa shape index (κ3) is 3.33. The normalized spacial score (nSPS) is 17.2. The molecule has 0 N–H and O–H groups in total. The van der Waals surface area contributed by atoms with Crippen molar-refractivity contribution in [3.63, 3.8) is 0 Å². The highest BCUT2D eigenvalue weighted by molar-refractivity contribution is 6.18. The zero-order chi connectivity index (χ0) is 24.6. The van der Waals surface area contributed by atoms with Gasteiger partial charge in [0.25, 0.3) is 0 Å². The zero-order valence-electron chi connectivity index (χ0n) is 19.7. The maximum atomic E-state index is 13.8. The molecular formula is C29H25NO5. The summed E-state index contributed by atoms with van der Waals surface area (Å²) < 4.78 is 18.1. The maximum absolute atomic E-state index is 13.8. The van der Waals surface area contributed by atoms with Crippen LogP contribution in [-0.2, 0) is 19.1 Å². The van der Waals surface area contributed by atoms with E-state index in [0.717, 1.165) is 27.6 Å². The number of methoxy groups -OCH3 is 3. The molecule has 0 aliphatic heterocycles. The second-order valence-electron chi connectivity index (χ2n) is 8.40. The average Bonchev–Trinajstić information content (AvgIpc) is 3.45. The van der Waals surface area contributed by atoms with Crippen molar-refractivity contribution in [2.75, 3.05) is 21.3 Å². The Hall–Kier alpha value is -4.32. The molecule has 35 heavy (non-hydrogen) atoms. The maximum Gasteiger partial charge on any atom is 0.330 e. The summed E-state index contributed by atoms with van der Waals surface area (Å²) in [6, 6.07) is 24.2. The summed E-state index contributed by atoms with van der Waals surface area (Å²) in [5.41, 5.74) is 2.06. The molecular weight excluding hydrogens is 442 g/mol. The van der Waals surface area contributed by atoms with Gasteiger partial charge >= 0.3 is 11.9 Å². The van der Waals surface area contributed by atoms with Gasteiger partial charge in [-0.3, -0.25) is 9.59 Å². The standard InChI is InChI=1S/C29H25NO5/c1-33-21-14-13-20-15-16-30(25(20)18-21)26-23-12-8-7-11-22(23)24(17-19-9-5-4-6-10-19)29(26,27(31)34-2)28(32)35-3/h4-18,26H,1-3H3/b24-17-. The number of rotatable bonds is 5. The van der Waals surface area contributed by atoms with E-state index in [-0.39, 0.29) is 0 Å². The van der Waals surface area contributed by atoms with Crippen molar-refractivity contribution in [2.24, 2.45) is 5.41 Å². The van der Waals surface area contributed by atoms with E-state index >= 15 is 0 Å². The number of nitrogens with zero attached hydrogens (tertiary/aromatic N) is 1. The molecule has 0 saturated heterocycles. The van der Waals surface area contributed by atoms with Gasteiger partial charge in [0.1, 0.15) is 5.75 Å². The van der Waals surface area contributed by atoms with Crippen LogP contribution in [0.15, 0.2) is 85.1 Å². The summed E-state index contributed by atoms with van der Waals surface area (Å²) in [5.74, 6) is -0.694. The Labute approximate surface area is 203 Å². The van der Waals surface area contributed by atoms with Crippen molar-refractivity contribution in [1.82, 2.24) is 4.57 Å². The van der Waals surface area contributed by atoms with Crippen LogP contribution in [0.4, 0.5) is 0 Å². The van der Waals surface area contributed by atoms with Crippen LogP contribution in [0.5, 0.6) is 5.75 Å². The summed E-state index contributed by atoms with van der Waals surface area (Å²) in [4.78, 5) is 27.5. The highest BCUT2D eigenvalue weighted by atomic mass is 16.5. The molecule has 1 heterocycles. The van der Waals surface area contributed by atoms with E-state index in [1.54, 1.807) is 7.11 Å². The van der Waals surface area contributed by atoms with Crippen molar-refractivity contribution >= 4 is 34.5 Å². The fourth-order valence-corrected chi connectivity index (χ4v) is 5.17. The molecule has 4 aromatic rings. The lowest BCUT2D eigenvalue weighted by molar-refractivity contribution is -0.165. The molecule has 0 amide bonds. The highest BCUT2D eigenvalue weighted by Crippen LogP contribution is 2.58. The lowest BCUT2D eigenvalue weighted by Crippen LogP contribution is -2.46. The molecule has 0 spiro atoms. The van der Waals surface area contributed by atoms with Crippen LogP contribution in [0.3, 0.4) is 0 Å². The Morgan fingerprint density at radius 1 is 0.857 bits per heavy atom. The lowest BCUT2D eigenvalue weighted by atomic mass is 9.76. The van der Waals surface area contributed by atoms with Gasteiger partial charge in [0.15, 0.2) is 0 Å².